The Balaban J connectivity index is 1.84. The molecule has 0 aliphatic carbocycles. The molecule has 0 aliphatic heterocycles. The normalized spacial score (nSPS) is 11.7. The lowest BCUT2D eigenvalue weighted by Crippen LogP contribution is -2.31. The summed E-state index contributed by atoms with van der Waals surface area (Å²) in [5, 5.41) is 9.96. The Labute approximate surface area is 171 Å². The Morgan fingerprint density at radius 3 is 2.64 bits per heavy atom. The Bertz CT molecular complexity index is 1030. The lowest BCUT2D eigenvalue weighted by atomic mass is 10.1. The number of carbonyl (C=O) groups is 2. The van der Waals surface area contributed by atoms with Crippen molar-refractivity contribution in [2.45, 2.75) is 19.9 Å². The molecular weight excluding hydrogens is 422 g/mol. The van der Waals surface area contributed by atoms with E-state index in [9.17, 15) is 9.59 Å². The van der Waals surface area contributed by atoms with Crippen molar-refractivity contribution in [3.63, 3.8) is 0 Å². The second-order valence-corrected chi connectivity index (χ2v) is 7.35. The van der Waals surface area contributed by atoms with Crippen LogP contribution in [0.3, 0.4) is 0 Å². The van der Waals surface area contributed by atoms with Gasteiger partial charge in [0.15, 0.2) is 0 Å². The van der Waals surface area contributed by atoms with Crippen molar-refractivity contribution < 1.29 is 9.59 Å². The van der Waals surface area contributed by atoms with Crippen LogP contribution in [-0.4, -0.2) is 21.7 Å². The highest BCUT2D eigenvalue weighted by molar-refractivity contribution is 9.10. The molecule has 0 saturated heterocycles. The van der Waals surface area contributed by atoms with Gasteiger partial charge in [-0.15, -0.1) is 0 Å². The number of anilines is 1. The number of amides is 3. The zero-order valence-electron chi connectivity index (χ0n) is 15.4. The van der Waals surface area contributed by atoms with Crippen molar-refractivity contribution in [3.05, 3.63) is 76.0 Å². The molecule has 3 amide bonds. The van der Waals surface area contributed by atoms with Gasteiger partial charge < -0.3 is 16.4 Å². The van der Waals surface area contributed by atoms with Gasteiger partial charge in [-0.3, -0.25) is 4.79 Å². The van der Waals surface area contributed by atoms with Gasteiger partial charge in [-0.1, -0.05) is 28.1 Å². The summed E-state index contributed by atoms with van der Waals surface area (Å²) < 4.78 is 2.57. The first-order valence-electron chi connectivity index (χ1n) is 8.62. The topological polar surface area (TPSA) is 102 Å². The van der Waals surface area contributed by atoms with E-state index in [2.05, 4.69) is 31.7 Å². The summed E-state index contributed by atoms with van der Waals surface area (Å²) in [7, 11) is 0. The first kappa shape index (κ1) is 19.6. The summed E-state index contributed by atoms with van der Waals surface area (Å²) in [4.78, 5) is 24.1. The van der Waals surface area contributed by atoms with Gasteiger partial charge in [-0.05, 0) is 55.3 Å². The number of primary amides is 1. The van der Waals surface area contributed by atoms with Crippen LogP contribution in [0.15, 0.2) is 59.3 Å². The molecule has 1 aromatic heterocycles. The van der Waals surface area contributed by atoms with Crippen LogP contribution in [0.1, 0.15) is 34.5 Å². The molecule has 0 fully saturated rings. The molecule has 1 unspecified atom stereocenters. The van der Waals surface area contributed by atoms with Gasteiger partial charge in [0.25, 0.3) is 0 Å². The average molecular weight is 442 g/mol. The van der Waals surface area contributed by atoms with E-state index < -0.39 is 11.9 Å². The first-order valence-corrected chi connectivity index (χ1v) is 9.41. The number of urea groups is 1. The number of nitrogens with two attached hydrogens (primary N) is 1. The van der Waals surface area contributed by atoms with Gasteiger partial charge in [-0.25, -0.2) is 9.48 Å². The molecule has 0 spiro atoms. The molecule has 1 atom stereocenters. The molecule has 4 N–H and O–H groups in total. The standard InChI is InChI=1S/C20H20BrN5O2/c1-12-10-23-26(11-12)18-7-6-15(19(22)27)9-17(18)25-20(28)24-13(2)14-4-3-5-16(21)8-14/h3-11,13H,1-2H3,(H2,22,27)(H2,24,25,28). The number of carbonyl (C=O) groups excluding carboxylic acids is 2. The van der Waals surface area contributed by atoms with Crippen LogP contribution >= 0.6 is 15.9 Å². The Kier molecular flexibility index (Phi) is 5.79. The molecule has 0 saturated carbocycles. The number of rotatable bonds is 5. The maximum Gasteiger partial charge on any atom is 0.319 e. The summed E-state index contributed by atoms with van der Waals surface area (Å²) in [6.45, 7) is 3.81. The summed E-state index contributed by atoms with van der Waals surface area (Å²) in [5.74, 6) is -0.575. The van der Waals surface area contributed by atoms with E-state index in [0.717, 1.165) is 15.6 Å². The lowest BCUT2D eigenvalue weighted by Gasteiger charge is -2.17. The van der Waals surface area contributed by atoms with E-state index in [0.29, 0.717) is 16.9 Å². The highest BCUT2D eigenvalue weighted by atomic mass is 79.9. The number of nitrogens with zero attached hydrogens (tertiary/aromatic N) is 2. The van der Waals surface area contributed by atoms with E-state index >= 15 is 0 Å². The largest absolute Gasteiger partial charge is 0.366 e. The summed E-state index contributed by atoms with van der Waals surface area (Å²) >= 11 is 3.43. The number of hydrogen-bond acceptors (Lipinski definition) is 3. The summed E-state index contributed by atoms with van der Waals surface area (Å²) in [6, 6.07) is 11.9. The van der Waals surface area contributed by atoms with Crippen molar-refractivity contribution in [1.29, 1.82) is 0 Å². The van der Waals surface area contributed by atoms with Gasteiger partial charge >= 0.3 is 6.03 Å². The highest BCUT2D eigenvalue weighted by Crippen LogP contribution is 2.23. The monoisotopic (exact) mass is 441 g/mol. The van der Waals surface area contributed by atoms with Crippen LogP contribution in [0, 0.1) is 6.92 Å². The fourth-order valence-electron chi connectivity index (χ4n) is 2.75. The fraction of sp³-hybridized carbons (Fsp3) is 0.150. The van der Waals surface area contributed by atoms with Crippen LogP contribution < -0.4 is 16.4 Å². The molecule has 3 aromatic rings. The fourth-order valence-corrected chi connectivity index (χ4v) is 3.17. The minimum atomic E-state index is -0.575. The number of halogens is 1. The van der Waals surface area contributed by atoms with Crippen LogP contribution in [0.4, 0.5) is 10.5 Å². The van der Waals surface area contributed by atoms with E-state index in [1.165, 1.54) is 6.07 Å². The maximum absolute atomic E-state index is 12.6. The second kappa shape index (κ2) is 8.26. The van der Waals surface area contributed by atoms with Crippen LogP contribution in [0.5, 0.6) is 0 Å². The number of aryl methyl sites for hydroxylation is 1. The van der Waals surface area contributed by atoms with E-state index in [-0.39, 0.29) is 6.04 Å². The number of nitrogens with one attached hydrogen (secondary N) is 2. The van der Waals surface area contributed by atoms with Crippen molar-refractivity contribution in [3.8, 4) is 5.69 Å². The van der Waals surface area contributed by atoms with Crippen molar-refractivity contribution in [2.24, 2.45) is 5.73 Å². The van der Waals surface area contributed by atoms with Gasteiger partial charge in [0.2, 0.25) is 5.91 Å². The zero-order chi connectivity index (χ0) is 20.3. The average Bonchev–Trinajstić information content (AvgIpc) is 3.07. The first-order chi connectivity index (χ1) is 13.3. The minimum Gasteiger partial charge on any atom is -0.366 e. The van der Waals surface area contributed by atoms with Crippen molar-refractivity contribution in [2.75, 3.05) is 5.32 Å². The highest BCUT2D eigenvalue weighted by Gasteiger charge is 2.15. The lowest BCUT2D eigenvalue weighted by molar-refractivity contribution is 0.1000. The third-order valence-corrected chi connectivity index (χ3v) is 4.68. The van der Waals surface area contributed by atoms with Gasteiger partial charge in [0, 0.05) is 16.2 Å². The molecule has 0 bridgehead atoms. The third-order valence-electron chi connectivity index (χ3n) is 4.18. The predicted molar refractivity (Wildman–Crippen MR) is 112 cm³/mol. The number of aromatic nitrogens is 2. The quantitative estimate of drug-likeness (QED) is 0.558. The Morgan fingerprint density at radius 1 is 1.21 bits per heavy atom. The molecule has 2 aromatic carbocycles. The molecule has 1 heterocycles. The maximum atomic E-state index is 12.6. The van der Waals surface area contributed by atoms with Crippen molar-refractivity contribution >= 4 is 33.6 Å². The molecule has 3 rings (SSSR count). The number of hydrogen-bond donors (Lipinski definition) is 3. The Hall–Kier alpha value is -3.13. The van der Waals surface area contributed by atoms with Crippen LogP contribution in [0.2, 0.25) is 0 Å². The molecule has 0 aliphatic rings. The molecule has 0 radical (unpaired) electrons. The van der Waals surface area contributed by atoms with Gasteiger partial charge in [0.05, 0.1) is 23.6 Å². The third kappa shape index (κ3) is 4.58. The molecule has 8 heteroatoms. The summed E-state index contributed by atoms with van der Waals surface area (Å²) in [6.07, 6.45) is 3.54. The van der Waals surface area contributed by atoms with Gasteiger partial charge in [-0.2, -0.15) is 5.10 Å². The van der Waals surface area contributed by atoms with Gasteiger partial charge in [0.1, 0.15) is 0 Å². The van der Waals surface area contributed by atoms with Crippen LogP contribution in [-0.2, 0) is 0 Å². The summed E-state index contributed by atoms with van der Waals surface area (Å²) in [5.41, 5.74) is 8.66. The van der Waals surface area contributed by atoms with Crippen LogP contribution in [0.25, 0.3) is 5.69 Å². The zero-order valence-corrected chi connectivity index (χ0v) is 17.0. The molecule has 7 nitrogen and oxygen atoms in total. The van der Waals surface area contributed by atoms with E-state index in [4.69, 9.17) is 5.73 Å². The van der Waals surface area contributed by atoms with E-state index in [1.54, 1.807) is 23.0 Å². The van der Waals surface area contributed by atoms with E-state index in [1.807, 2.05) is 44.3 Å². The van der Waals surface area contributed by atoms with Crippen molar-refractivity contribution in [1.82, 2.24) is 15.1 Å². The molecular formula is C20H20BrN5O2. The SMILES string of the molecule is Cc1cnn(-c2ccc(C(N)=O)cc2NC(=O)NC(C)c2cccc(Br)c2)c1. The predicted octanol–water partition coefficient (Wildman–Crippen LogP) is 3.92. The molecule has 144 valence electrons. The smallest absolute Gasteiger partial charge is 0.319 e. The molecule has 28 heavy (non-hydrogen) atoms. The minimum absolute atomic E-state index is 0.216. The second-order valence-electron chi connectivity index (χ2n) is 6.43. The number of benzene rings is 2. The Morgan fingerprint density at radius 2 is 2.00 bits per heavy atom.